The van der Waals surface area contributed by atoms with E-state index in [9.17, 15) is 22.8 Å². The van der Waals surface area contributed by atoms with Crippen molar-refractivity contribution < 1.29 is 22.8 Å². The first-order chi connectivity index (χ1) is 10.4. The molecule has 22 heavy (non-hydrogen) atoms. The number of fused-ring (bicyclic) bond motifs is 1. The van der Waals surface area contributed by atoms with Gasteiger partial charge in [-0.05, 0) is 18.6 Å². The predicted molar refractivity (Wildman–Crippen MR) is 74.8 cm³/mol. The first-order valence-corrected chi connectivity index (χ1v) is 8.50. The lowest BCUT2D eigenvalue weighted by Gasteiger charge is -2.15. The highest BCUT2D eigenvalue weighted by Gasteiger charge is 2.38. The van der Waals surface area contributed by atoms with Crippen LogP contribution in [0.2, 0.25) is 0 Å². The van der Waals surface area contributed by atoms with Crippen molar-refractivity contribution >= 4 is 27.6 Å². The highest BCUT2D eigenvalue weighted by molar-refractivity contribution is 7.91. The van der Waals surface area contributed by atoms with Gasteiger partial charge in [0, 0.05) is 12.2 Å². The van der Waals surface area contributed by atoms with Gasteiger partial charge in [0.2, 0.25) is 5.91 Å². The summed E-state index contributed by atoms with van der Waals surface area (Å²) in [6, 6.07) is 2.55. The van der Waals surface area contributed by atoms with Crippen LogP contribution in [-0.2, 0) is 14.6 Å². The van der Waals surface area contributed by atoms with Gasteiger partial charge in [-0.25, -0.2) is 8.42 Å². The van der Waals surface area contributed by atoms with Crippen molar-refractivity contribution in [2.24, 2.45) is 0 Å². The van der Waals surface area contributed by atoms with Crippen LogP contribution in [0.1, 0.15) is 27.3 Å². The van der Waals surface area contributed by atoms with E-state index in [1.807, 2.05) is 0 Å². The van der Waals surface area contributed by atoms with Crippen molar-refractivity contribution in [3.8, 4) is 0 Å². The van der Waals surface area contributed by atoms with Gasteiger partial charge in [-0.15, -0.1) is 0 Å². The first kappa shape index (κ1) is 14.6. The Kier molecular flexibility index (Phi) is 3.44. The zero-order valence-corrected chi connectivity index (χ0v) is 12.3. The van der Waals surface area contributed by atoms with Gasteiger partial charge in [-0.2, -0.15) is 0 Å². The summed E-state index contributed by atoms with van der Waals surface area (Å²) < 4.78 is 22.7. The second kappa shape index (κ2) is 5.16. The Bertz CT molecular complexity index is 739. The number of sulfone groups is 1. The van der Waals surface area contributed by atoms with Gasteiger partial charge in [-0.3, -0.25) is 24.3 Å². The molecule has 1 saturated heterocycles. The number of aromatic nitrogens is 1. The third-order valence-electron chi connectivity index (χ3n) is 3.63. The van der Waals surface area contributed by atoms with Crippen molar-refractivity contribution in [3.05, 3.63) is 29.6 Å². The molecule has 0 aromatic carbocycles. The summed E-state index contributed by atoms with van der Waals surface area (Å²) in [5.41, 5.74) is 0.201. The fraction of sp³-hybridized carbons (Fsp3) is 0.385. The van der Waals surface area contributed by atoms with E-state index in [0.29, 0.717) is 6.42 Å². The Morgan fingerprint density at radius 1 is 1.36 bits per heavy atom. The average Bonchev–Trinajstić information content (AvgIpc) is 2.92. The zero-order valence-electron chi connectivity index (χ0n) is 11.5. The quantitative estimate of drug-likeness (QED) is 0.712. The highest BCUT2D eigenvalue weighted by atomic mass is 32.2. The number of pyridine rings is 1. The maximum absolute atomic E-state index is 12.1. The average molecular weight is 323 g/mol. The van der Waals surface area contributed by atoms with Crippen LogP contribution >= 0.6 is 0 Å². The lowest BCUT2D eigenvalue weighted by atomic mass is 10.2. The van der Waals surface area contributed by atoms with Gasteiger partial charge >= 0.3 is 0 Å². The van der Waals surface area contributed by atoms with E-state index in [1.165, 1.54) is 18.3 Å². The molecular formula is C13H13N3O5S. The Labute approximate surface area is 126 Å². The van der Waals surface area contributed by atoms with Crippen molar-refractivity contribution in [2.45, 2.75) is 12.5 Å². The SMILES string of the molecule is O=C(CN1C(=O)c2cccnc2C1=O)NC1CCS(=O)(=O)C1. The summed E-state index contributed by atoms with van der Waals surface area (Å²) in [7, 11) is -3.11. The summed E-state index contributed by atoms with van der Waals surface area (Å²) in [6.07, 6.45) is 1.74. The summed E-state index contributed by atoms with van der Waals surface area (Å²) in [5, 5.41) is 2.54. The van der Waals surface area contributed by atoms with Crippen molar-refractivity contribution in [2.75, 3.05) is 18.1 Å². The van der Waals surface area contributed by atoms with Crippen LogP contribution in [0.4, 0.5) is 0 Å². The molecule has 1 atom stereocenters. The van der Waals surface area contributed by atoms with Crippen molar-refractivity contribution in [1.29, 1.82) is 0 Å². The zero-order chi connectivity index (χ0) is 15.9. The standard InChI is InChI=1S/C13H13N3O5S/c17-10(15-8-3-5-22(20,21)7-8)6-16-12(18)9-2-1-4-14-11(9)13(16)19/h1-2,4,8H,3,5-7H2,(H,15,17). The Morgan fingerprint density at radius 3 is 2.77 bits per heavy atom. The number of nitrogens with one attached hydrogen (secondary N) is 1. The van der Waals surface area contributed by atoms with Crippen LogP contribution in [0.25, 0.3) is 0 Å². The van der Waals surface area contributed by atoms with Gasteiger partial charge < -0.3 is 5.32 Å². The number of carbonyl (C=O) groups excluding carboxylic acids is 3. The van der Waals surface area contributed by atoms with Gasteiger partial charge in [0.05, 0.1) is 17.1 Å². The topological polar surface area (TPSA) is 114 Å². The number of amides is 3. The van der Waals surface area contributed by atoms with Crippen LogP contribution < -0.4 is 5.32 Å². The van der Waals surface area contributed by atoms with E-state index in [4.69, 9.17) is 0 Å². The molecule has 1 N–H and O–H groups in total. The maximum Gasteiger partial charge on any atom is 0.280 e. The second-order valence-corrected chi connectivity index (χ2v) is 7.49. The van der Waals surface area contributed by atoms with E-state index in [0.717, 1.165) is 4.90 Å². The molecule has 9 heteroatoms. The fourth-order valence-corrected chi connectivity index (χ4v) is 4.26. The number of carbonyl (C=O) groups is 3. The number of nitrogens with zero attached hydrogens (tertiary/aromatic N) is 2. The van der Waals surface area contributed by atoms with Crippen LogP contribution in [-0.4, -0.2) is 60.1 Å². The van der Waals surface area contributed by atoms with Crippen LogP contribution in [0, 0.1) is 0 Å². The largest absolute Gasteiger partial charge is 0.351 e. The second-order valence-electron chi connectivity index (χ2n) is 5.26. The molecule has 1 unspecified atom stereocenters. The number of rotatable bonds is 3. The Balaban J connectivity index is 1.66. The number of hydrogen-bond acceptors (Lipinski definition) is 6. The van der Waals surface area contributed by atoms with Gasteiger partial charge in [-0.1, -0.05) is 0 Å². The molecule has 0 radical (unpaired) electrons. The van der Waals surface area contributed by atoms with E-state index < -0.39 is 40.1 Å². The van der Waals surface area contributed by atoms with Crippen LogP contribution in [0.5, 0.6) is 0 Å². The lowest BCUT2D eigenvalue weighted by Crippen LogP contribution is -2.44. The first-order valence-electron chi connectivity index (χ1n) is 6.68. The highest BCUT2D eigenvalue weighted by Crippen LogP contribution is 2.20. The van der Waals surface area contributed by atoms with Gasteiger partial charge in [0.15, 0.2) is 9.84 Å². The summed E-state index contributed by atoms with van der Waals surface area (Å²) in [5.74, 6) is -1.81. The number of imide groups is 1. The number of hydrogen-bond donors (Lipinski definition) is 1. The van der Waals surface area contributed by atoms with E-state index in [2.05, 4.69) is 10.3 Å². The smallest absolute Gasteiger partial charge is 0.280 e. The molecule has 1 aromatic rings. The van der Waals surface area contributed by atoms with Crippen LogP contribution in [0.15, 0.2) is 18.3 Å². The molecule has 3 rings (SSSR count). The predicted octanol–water partition coefficient (Wildman–Crippen LogP) is -1.02. The third kappa shape index (κ3) is 2.59. The normalized spacial score (nSPS) is 22.7. The molecule has 0 saturated carbocycles. The molecule has 1 fully saturated rings. The minimum Gasteiger partial charge on any atom is -0.351 e. The van der Waals surface area contributed by atoms with E-state index in [1.54, 1.807) is 0 Å². The lowest BCUT2D eigenvalue weighted by molar-refractivity contribution is -0.121. The third-order valence-corrected chi connectivity index (χ3v) is 5.40. The molecule has 8 nitrogen and oxygen atoms in total. The monoisotopic (exact) mass is 323 g/mol. The molecular weight excluding hydrogens is 310 g/mol. The fourth-order valence-electron chi connectivity index (χ4n) is 2.58. The molecule has 1 aromatic heterocycles. The molecule has 116 valence electrons. The molecule has 3 heterocycles. The van der Waals surface area contributed by atoms with Crippen molar-refractivity contribution in [1.82, 2.24) is 15.2 Å². The minimum atomic E-state index is -3.11. The summed E-state index contributed by atoms with van der Waals surface area (Å²) in [4.78, 5) is 40.7. The van der Waals surface area contributed by atoms with E-state index >= 15 is 0 Å². The van der Waals surface area contributed by atoms with Gasteiger partial charge in [0.1, 0.15) is 12.2 Å². The van der Waals surface area contributed by atoms with E-state index in [-0.39, 0.29) is 22.8 Å². The molecule has 2 aliphatic heterocycles. The Hall–Kier alpha value is -2.29. The molecule has 0 spiro atoms. The van der Waals surface area contributed by atoms with Gasteiger partial charge in [0.25, 0.3) is 11.8 Å². The molecule has 0 bridgehead atoms. The summed E-state index contributed by atoms with van der Waals surface area (Å²) >= 11 is 0. The molecule has 0 aliphatic carbocycles. The summed E-state index contributed by atoms with van der Waals surface area (Å²) in [6.45, 7) is -0.440. The van der Waals surface area contributed by atoms with Crippen molar-refractivity contribution in [3.63, 3.8) is 0 Å². The molecule has 3 amide bonds. The van der Waals surface area contributed by atoms with Crippen LogP contribution in [0.3, 0.4) is 0 Å². The molecule has 2 aliphatic rings. The maximum atomic E-state index is 12.1. The Morgan fingerprint density at radius 2 is 2.14 bits per heavy atom. The minimum absolute atomic E-state index is 0.0312.